The van der Waals surface area contributed by atoms with Crippen LogP contribution in [-0.2, 0) is 5.60 Å². The van der Waals surface area contributed by atoms with E-state index in [0.717, 1.165) is 6.42 Å². The first-order valence-electron chi connectivity index (χ1n) is 4.87. The third-order valence-corrected chi connectivity index (χ3v) is 2.59. The van der Waals surface area contributed by atoms with E-state index in [0.29, 0.717) is 17.0 Å². The standard InChI is InChI=1S/C10H16ClN3O/c1-2-3-10(15,6-12)8-4-7(11)5-14-9(8)13/h4-5,15H,2-3,6,12H2,1H3,(H2,13,14). The molecule has 0 saturated carbocycles. The first-order chi connectivity index (χ1) is 7.03. The third kappa shape index (κ3) is 2.59. The second-order valence-corrected chi connectivity index (χ2v) is 4.01. The number of hydrogen-bond donors (Lipinski definition) is 3. The van der Waals surface area contributed by atoms with E-state index in [2.05, 4.69) is 4.98 Å². The molecule has 0 aliphatic carbocycles. The number of nitrogens with zero attached hydrogens (tertiary/aromatic N) is 1. The van der Waals surface area contributed by atoms with Crippen molar-refractivity contribution in [3.63, 3.8) is 0 Å². The molecule has 5 N–H and O–H groups in total. The van der Waals surface area contributed by atoms with Gasteiger partial charge in [0.1, 0.15) is 11.4 Å². The lowest BCUT2D eigenvalue weighted by molar-refractivity contribution is 0.0364. The van der Waals surface area contributed by atoms with Gasteiger partial charge >= 0.3 is 0 Å². The van der Waals surface area contributed by atoms with Crippen LogP contribution in [0.2, 0.25) is 5.02 Å². The first-order valence-corrected chi connectivity index (χ1v) is 5.25. The fourth-order valence-electron chi connectivity index (χ4n) is 1.58. The summed E-state index contributed by atoms with van der Waals surface area (Å²) in [6.07, 6.45) is 2.79. The van der Waals surface area contributed by atoms with Crippen LogP contribution < -0.4 is 11.5 Å². The van der Waals surface area contributed by atoms with Crippen molar-refractivity contribution >= 4 is 17.4 Å². The number of nitrogens with two attached hydrogens (primary N) is 2. The Bertz CT molecular complexity index is 345. The van der Waals surface area contributed by atoms with Crippen LogP contribution in [0.4, 0.5) is 5.82 Å². The van der Waals surface area contributed by atoms with Gasteiger partial charge in [0.05, 0.1) is 5.02 Å². The predicted octanol–water partition coefficient (Wildman–Crippen LogP) is 1.26. The fourth-order valence-corrected chi connectivity index (χ4v) is 1.74. The van der Waals surface area contributed by atoms with Crippen LogP contribution in [0, 0.1) is 0 Å². The average molecular weight is 230 g/mol. The van der Waals surface area contributed by atoms with Crippen molar-refractivity contribution in [3.8, 4) is 0 Å². The molecular formula is C10H16ClN3O. The number of rotatable bonds is 4. The molecule has 0 spiro atoms. The molecule has 1 unspecified atom stereocenters. The minimum Gasteiger partial charge on any atom is -0.384 e. The van der Waals surface area contributed by atoms with E-state index in [-0.39, 0.29) is 12.4 Å². The largest absolute Gasteiger partial charge is 0.384 e. The van der Waals surface area contributed by atoms with Gasteiger partial charge in [0.25, 0.3) is 0 Å². The van der Waals surface area contributed by atoms with E-state index in [1.54, 1.807) is 6.07 Å². The van der Waals surface area contributed by atoms with Crippen molar-refractivity contribution in [1.82, 2.24) is 4.98 Å². The monoisotopic (exact) mass is 229 g/mol. The number of anilines is 1. The summed E-state index contributed by atoms with van der Waals surface area (Å²) in [5.41, 5.74) is 10.6. The predicted molar refractivity (Wildman–Crippen MR) is 61.5 cm³/mol. The highest BCUT2D eigenvalue weighted by atomic mass is 35.5. The maximum atomic E-state index is 10.3. The highest BCUT2D eigenvalue weighted by Gasteiger charge is 2.29. The average Bonchev–Trinajstić information content (AvgIpc) is 2.22. The molecule has 84 valence electrons. The summed E-state index contributed by atoms with van der Waals surface area (Å²) in [7, 11) is 0. The van der Waals surface area contributed by atoms with Gasteiger partial charge in [-0.05, 0) is 12.5 Å². The minimum atomic E-state index is -1.13. The van der Waals surface area contributed by atoms with Crippen LogP contribution in [0.25, 0.3) is 0 Å². The van der Waals surface area contributed by atoms with E-state index in [1.807, 2.05) is 6.92 Å². The van der Waals surface area contributed by atoms with Crippen LogP contribution in [0.1, 0.15) is 25.3 Å². The minimum absolute atomic E-state index is 0.104. The molecule has 1 heterocycles. The number of halogens is 1. The first kappa shape index (κ1) is 12.2. The van der Waals surface area contributed by atoms with Gasteiger partial charge in [-0.2, -0.15) is 0 Å². The summed E-state index contributed by atoms with van der Waals surface area (Å²) in [5.74, 6) is 0.279. The molecule has 0 radical (unpaired) electrons. The zero-order valence-electron chi connectivity index (χ0n) is 8.70. The number of aliphatic hydroxyl groups is 1. The zero-order chi connectivity index (χ0) is 11.5. The molecule has 4 nitrogen and oxygen atoms in total. The van der Waals surface area contributed by atoms with E-state index >= 15 is 0 Å². The van der Waals surface area contributed by atoms with Crippen molar-refractivity contribution in [2.75, 3.05) is 12.3 Å². The van der Waals surface area contributed by atoms with Gasteiger partial charge in [-0.3, -0.25) is 0 Å². The van der Waals surface area contributed by atoms with Crippen LogP contribution in [0.3, 0.4) is 0 Å². The molecule has 1 rings (SSSR count). The zero-order valence-corrected chi connectivity index (χ0v) is 9.46. The number of aromatic nitrogens is 1. The number of pyridine rings is 1. The van der Waals surface area contributed by atoms with Crippen LogP contribution >= 0.6 is 11.6 Å². The molecule has 1 aromatic heterocycles. The van der Waals surface area contributed by atoms with Gasteiger partial charge in [0.15, 0.2) is 0 Å². The SMILES string of the molecule is CCCC(O)(CN)c1cc(Cl)cnc1N. The lowest BCUT2D eigenvalue weighted by Crippen LogP contribution is -2.35. The lowest BCUT2D eigenvalue weighted by Gasteiger charge is -2.27. The summed E-state index contributed by atoms with van der Waals surface area (Å²) < 4.78 is 0. The maximum Gasteiger partial charge on any atom is 0.129 e. The Balaban J connectivity index is 3.16. The summed E-state index contributed by atoms with van der Waals surface area (Å²) >= 11 is 5.81. The van der Waals surface area contributed by atoms with Crippen molar-refractivity contribution in [2.24, 2.45) is 5.73 Å². The molecule has 0 amide bonds. The molecular weight excluding hydrogens is 214 g/mol. The Morgan fingerprint density at radius 2 is 2.27 bits per heavy atom. The van der Waals surface area contributed by atoms with Gasteiger partial charge in [0.2, 0.25) is 0 Å². The molecule has 1 atom stereocenters. The van der Waals surface area contributed by atoms with Gasteiger partial charge in [-0.1, -0.05) is 24.9 Å². The van der Waals surface area contributed by atoms with Gasteiger partial charge in [0, 0.05) is 18.3 Å². The molecule has 0 aliphatic rings. The normalized spacial score (nSPS) is 14.9. The van der Waals surface area contributed by atoms with Crippen molar-refractivity contribution < 1.29 is 5.11 Å². The smallest absolute Gasteiger partial charge is 0.129 e. The summed E-state index contributed by atoms with van der Waals surface area (Å²) in [6.45, 7) is 2.07. The topological polar surface area (TPSA) is 85.2 Å². The highest BCUT2D eigenvalue weighted by molar-refractivity contribution is 6.30. The van der Waals surface area contributed by atoms with Crippen LogP contribution in [0.15, 0.2) is 12.3 Å². The maximum absolute atomic E-state index is 10.3. The Morgan fingerprint density at radius 3 is 2.80 bits per heavy atom. The Hall–Kier alpha value is -0.840. The molecule has 15 heavy (non-hydrogen) atoms. The summed E-state index contributed by atoms with van der Waals surface area (Å²) in [6, 6.07) is 1.62. The van der Waals surface area contributed by atoms with Crippen molar-refractivity contribution in [3.05, 3.63) is 22.8 Å². The van der Waals surface area contributed by atoms with Crippen molar-refractivity contribution in [1.29, 1.82) is 0 Å². The molecule has 1 aromatic rings. The van der Waals surface area contributed by atoms with Crippen LogP contribution in [-0.4, -0.2) is 16.6 Å². The summed E-state index contributed by atoms with van der Waals surface area (Å²) in [4.78, 5) is 3.91. The lowest BCUT2D eigenvalue weighted by atomic mass is 9.90. The van der Waals surface area contributed by atoms with Crippen LogP contribution in [0.5, 0.6) is 0 Å². The highest BCUT2D eigenvalue weighted by Crippen LogP contribution is 2.30. The Labute approximate surface area is 94.3 Å². The van der Waals surface area contributed by atoms with E-state index < -0.39 is 5.60 Å². The molecule has 0 bridgehead atoms. The number of nitrogen functional groups attached to an aromatic ring is 1. The van der Waals surface area contributed by atoms with E-state index in [9.17, 15) is 5.11 Å². The quantitative estimate of drug-likeness (QED) is 0.726. The molecule has 5 heteroatoms. The summed E-state index contributed by atoms with van der Waals surface area (Å²) in [5, 5.41) is 10.7. The Morgan fingerprint density at radius 1 is 1.60 bits per heavy atom. The van der Waals surface area contributed by atoms with Gasteiger partial charge < -0.3 is 16.6 Å². The second kappa shape index (κ2) is 4.79. The molecule has 0 fully saturated rings. The Kier molecular flexibility index (Phi) is 3.90. The molecule has 0 aliphatic heterocycles. The molecule has 0 saturated heterocycles. The van der Waals surface area contributed by atoms with Crippen molar-refractivity contribution in [2.45, 2.75) is 25.4 Å². The fraction of sp³-hybridized carbons (Fsp3) is 0.500. The van der Waals surface area contributed by atoms with Gasteiger partial charge in [-0.25, -0.2) is 4.98 Å². The molecule has 0 aromatic carbocycles. The van der Waals surface area contributed by atoms with Gasteiger partial charge in [-0.15, -0.1) is 0 Å². The third-order valence-electron chi connectivity index (χ3n) is 2.39. The number of hydrogen-bond acceptors (Lipinski definition) is 4. The van der Waals surface area contributed by atoms with E-state index in [4.69, 9.17) is 23.1 Å². The van der Waals surface area contributed by atoms with E-state index in [1.165, 1.54) is 6.20 Å². The second-order valence-electron chi connectivity index (χ2n) is 3.57.